The predicted molar refractivity (Wildman–Crippen MR) is 67.5 cm³/mol. The first kappa shape index (κ1) is 14.8. The Kier molecular flexibility index (Phi) is 8.92. The lowest BCUT2D eigenvalue weighted by atomic mass is 10.1. The molecule has 0 aliphatic carbocycles. The van der Waals surface area contributed by atoms with Crippen LogP contribution in [0.2, 0.25) is 0 Å². The number of hydrogen-bond acceptors (Lipinski definition) is 4. The van der Waals surface area contributed by atoms with Crippen molar-refractivity contribution in [1.82, 2.24) is 8.85 Å². The standard InChI is InChI=1S/C9H18IN3O2/c1-7(14)6-12-9(15)8(11)4-2-3-5-13-10/h8,13H,2-6,11H2,1H3,(H,12,15). The van der Waals surface area contributed by atoms with Gasteiger partial charge in [-0.25, -0.2) is 0 Å². The first-order valence-corrected chi connectivity index (χ1v) is 6.02. The van der Waals surface area contributed by atoms with E-state index < -0.39 is 6.04 Å². The quantitative estimate of drug-likeness (QED) is 0.336. The molecule has 0 bridgehead atoms. The van der Waals surface area contributed by atoms with Gasteiger partial charge < -0.3 is 11.1 Å². The fourth-order valence-corrected chi connectivity index (χ4v) is 1.41. The molecule has 0 fully saturated rings. The third-order valence-corrected chi connectivity index (χ3v) is 2.42. The van der Waals surface area contributed by atoms with Crippen molar-refractivity contribution in [3.05, 3.63) is 0 Å². The lowest BCUT2D eigenvalue weighted by Gasteiger charge is -2.10. The first-order valence-electron chi connectivity index (χ1n) is 4.94. The number of nitrogens with two attached hydrogens (primary N) is 1. The van der Waals surface area contributed by atoms with Gasteiger partial charge >= 0.3 is 0 Å². The summed E-state index contributed by atoms with van der Waals surface area (Å²) in [4.78, 5) is 21.9. The minimum absolute atomic E-state index is 0.0651. The molecule has 0 aromatic heterocycles. The van der Waals surface area contributed by atoms with Crippen LogP contribution in [-0.2, 0) is 9.59 Å². The van der Waals surface area contributed by atoms with E-state index in [0.29, 0.717) is 6.42 Å². The van der Waals surface area contributed by atoms with Gasteiger partial charge in [-0.05, 0) is 19.8 Å². The minimum atomic E-state index is -0.501. The number of carbonyl (C=O) groups excluding carboxylic acids is 2. The SMILES string of the molecule is CC(=O)CNC(=O)C(N)CCCCNI. The van der Waals surface area contributed by atoms with Gasteiger partial charge in [0.2, 0.25) is 5.91 Å². The second-order valence-electron chi connectivity index (χ2n) is 3.41. The topological polar surface area (TPSA) is 84.2 Å². The number of unbranched alkanes of at least 4 members (excludes halogenated alkanes) is 1. The molecule has 0 saturated heterocycles. The number of nitrogens with one attached hydrogen (secondary N) is 2. The van der Waals surface area contributed by atoms with Gasteiger partial charge in [0.25, 0.3) is 0 Å². The van der Waals surface area contributed by atoms with Crippen molar-refractivity contribution in [2.75, 3.05) is 13.1 Å². The van der Waals surface area contributed by atoms with E-state index in [2.05, 4.69) is 31.7 Å². The van der Waals surface area contributed by atoms with Crippen LogP contribution in [0.5, 0.6) is 0 Å². The molecule has 0 radical (unpaired) electrons. The van der Waals surface area contributed by atoms with Crippen LogP contribution in [0.3, 0.4) is 0 Å². The number of ketones is 1. The molecule has 4 N–H and O–H groups in total. The van der Waals surface area contributed by atoms with Crippen LogP contribution in [0, 0.1) is 0 Å². The lowest BCUT2D eigenvalue weighted by molar-refractivity contribution is -0.125. The molecule has 0 spiro atoms. The summed E-state index contributed by atoms with van der Waals surface area (Å²) >= 11 is 2.08. The van der Waals surface area contributed by atoms with E-state index in [4.69, 9.17) is 5.73 Å². The molecule has 0 heterocycles. The van der Waals surface area contributed by atoms with E-state index in [1.807, 2.05) is 0 Å². The third kappa shape index (κ3) is 8.76. The predicted octanol–water partition coefficient (Wildman–Crippen LogP) is 0.129. The monoisotopic (exact) mass is 327 g/mol. The smallest absolute Gasteiger partial charge is 0.237 e. The summed E-state index contributed by atoms with van der Waals surface area (Å²) < 4.78 is 2.99. The Morgan fingerprint density at radius 3 is 2.60 bits per heavy atom. The molecule has 0 aromatic rings. The maximum absolute atomic E-state index is 11.3. The van der Waals surface area contributed by atoms with E-state index >= 15 is 0 Å². The summed E-state index contributed by atoms with van der Waals surface area (Å²) in [5, 5.41) is 2.49. The number of halogens is 1. The maximum Gasteiger partial charge on any atom is 0.237 e. The van der Waals surface area contributed by atoms with Crippen molar-refractivity contribution < 1.29 is 9.59 Å². The molecule has 0 aromatic carbocycles. The summed E-state index contributed by atoms with van der Waals surface area (Å²) in [7, 11) is 0. The summed E-state index contributed by atoms with van der Waals surface area (Å²) in [5.74, 6) is -0.308. The van der Waals surface area contributed by atoms with Crippen LogP contribution in [0.15, 0.2) is 0 Å². The van der Waals surface area contributed by atoms with Crippen molar-refractivity contribution in [2.45, 2.75) is 32.2 Å². The van der Waals surface area contributed by atoms with E-state index in [1.54, 1.807) is 0 Å². The number of hydrogen-bond donors (Lipinski definition) is 3. The number of Topliss-reactive ketones (excluding diaryl/α,β-unsaturated/α-hetero) is 1. The highest BCUT2D eigenvalue weighted by Gasteiger charge is 2.12. The van der Waals surface area contributed by atoms with Gasteiger partial charge in [-0.3, -0.25) is 13.1 Å². The second-order valence-corrected chi connectivity index (χ2v) is 4.17. The average molecular weight is 327 g/mol. The van der Waals surface area contributed by atoms with Crippen LogP contribution in [0.25, 0.3) is 0 Å². The van der Waals surface area contributed by atoms with Crippen molar-refractivity contribution in [1.29, 1.82) is 0 Å². The van der Waals surface area contributed by atoms with Crippen molar-refractivity contribution >= 4 is 34.6 Å². The van der Waals surface area contributed by atoms with Crippen molar-refractivity contribution in [2.24, 2.45) is 5.73 Å². The molecule has 5 nitrogen and oxygen atoms in total. The largest absolute Gasteiger partial charge is 0.348 e. The zero-order valence-electron chi connectivity index (χ0n) is 8.88. The number of amides is 1. The second kappa shape index (κ2) is 9.05. The molecular formula is C9H18IN3O2. The van der Waals surface area contributed by atoms with Crippen molar-refractivity contribution in [3.8, 4) is 0 Å². The van der Waals surface area contributed by atoms with Crippen LogP contribution < -0.4 is 14.6 Å². The summed E-state index contributed by atoms with van der Waals surface area (Å²) in [5.41, 5.74) is 5.64. The fourth-order valence-electron chi connectivity index (χ4n) is 1.03. The summed E-state index contributed by atoms with van der Waals surface area (Å²) in [6, 6.07) is -0.501. The van der Waals surface area contributed by atoms with Gasteiger partial charge in [0.1, 0.15) is 5.78 Å². The van der Waals surface area contributed by atoms with Gasteiger partial charge in [-0.1, -0.05) is 6.42 Å². The summed E-state index contributed by atoms with van der Waals surface area (Å²) in [6.07, 6.45) is 2.56. The molecule has 1 unspecified atom stereocenters. The highest BCUT2D eigenvalue weighted by atomic mass is 127. The Balaban J connectivity index is 3.55. The molecule has 0 aliphatic heterocycles. The first-order chi connectivity index (χ1) is 7.07. The Labute approximate surface area is 104 Å². The van der Waals surface area contributed by atoms with Crippen LogP contribution >= 0.6 is 22.9 Å². The van der Waals surface area contributed by atoms with E-state index in [0.717, 1.165) is 19.4 Å². The molecule has 0 saturated carbocycles. The van der Waals surface area contributed by atoms with Crippen molar-refractivity contribution in [3.63, 3.8) is 0 Å². The van der Waals surface area contributed by atoms with E-state index in [-0.39, 0.29) is 18.2 Å². The molecule has 88 valence electrons. The zero-order chi connectivity index (χ0) is 11.7. The van der Waals surface area contributed by atoms with Gasteiger partial charge in [-0.2, -0.15) is 0 Å². The minimum Gasteiger partial charge on any atom is -0.348 e. The highest BCUT2D eigenvalue weighted by molar-refractivity contribution is 14.1. The third-order valence-electron chi connectivity index (χ3n) is 1.88. The van der Waals surface area contributed by atoms with Crippen LogP contribution in [-0.4, -0.2) is 30.8 Å². The highest BCUT2D eigenvalue weighted by Crippen LogP contribution is 1.98. The van der Waals surface area contributed by atoms with E-state index in [9.17, 15) is 9.59 Å². The van der Waals surface area contributed by atoms with Gasteiger partial charge in [0.15, 0.2) is 0 Å². The maximum atomic E-state index is 11.3. The molecule has 0 rings (SSSR count). The molecule has 0 aliphatic rings. The van der Waals surface area contributed by atoms with Crippen LogP contribution in [0.4, 0.5) is 0 Å². The number of rotatable bonds is 8. The van der Waals surface area contributed by atoms with Gasteiger partial charge in [0.05, 0.1) is 12.6 Å². The molecule has 6 heteroatoms. The van der Waals surface area contributed by atoms with Gasteiger partial charge in [-0.15, -0.1) is 0 Å². The normalized spacial score (nSPS) is 12.2. The Morgan fingerprint density at radius 2 is 2.07 bits per heavy atom. The summed E-state index contributed by atoms with van der Waals surface area (Å²) in [6.45, 7) is 2.42. The molecular weight excluding hydrogens is 309 g/mol. The van der Waals surface area contributed by atoms with E-state index in [1.165, 1.54) is 6.92 Å². The Hall–Kier alpha value is -0.210. The Bertz CT molecular complexity index is 212. The molecule has 15 heavy (non-hydrogen) atoms. The van der Waals surface area contributed by atoms with Crippen LogP contribution in [0.1, 0.15) is 26.2 Å². The number of carbonyl (C=O) groups is 2. The Morgan fingerprint density at radius 1 is 1.40 bits per heavy atom. The fraction of sp³-hybridized carbons (Fsp3) is 0.778. The van der Waals surface area contributed by atoms with Gasteiger partial charge in [0, 0.05) is 29.4 Å². The molecule has 1 atom stereocenters. The zero-order valence-corrected chi connectivity index (χ0v) is 11.0. The molecule has 1 amide bonds. The lowest BCUT2D eigenvalue weighted by Crippen LogP contribution is -2.42. The average Bonchev–Trinajstić information content (AvgIpc) is 2.20.